The summed E-state index contributed by atoms with van der Waals surface area (Å²) >= 11 is 6.07. The van der Waals surface area contributed by atoms with Crippen LogP contribution in [0.1, 0.15) is 40.4 Å². The summed E-state index contributed by atoms with van der Waals surface area (Å²) in [6.07, 6.45) is 8.26. The Kier molecular flexibility index (Phi) is 4.55. The molecular formula is C21H17ClN6O2. The van der Waals surface area contributed by atoms with Crippen LogP contribution in [0.25, 0.3) is 16.9 Å². The van der Waals surface area contributed by atoms with Gasteiger partial charge in [0.15, 0.2) is 5.82 Å². The lowest BCUT2D eigenvalue weighted by molar-refractivity contribution is 0.0949. The standard InChI is InChI=1S/C21H17ClN6O2/c22-14-3-1-2-13(8-14)19-26-21(30)18-17(12-4-5-12)16(11-28(18)27-19)20(29)25-10-15-9-23-6-7-24-15/h1-3,6-9,11-12H,4-5,10H2,(H,25,29)(H,26,27,30). The topological polar surface area (TPSA) is 105 Å². The van der Waals surface area contributed by atoms with E-state index >= 15 is 0 Å². The van der Waals surface area contributed by atoms with Crippen molar-refractivity contribution in [3.63, 3.8) is 0 Å². The van der Waals surface area contributed by atoms with E-state index in [-0.39, 0.29) is 23.9 Å². The molecule has 4 aromatic rings. The average molecular weight is 421 g/mol. The second-order valence-electron chi connectivity index (χ2n) is 7.22. The van der Waals surface area contributed by atoms with Gasteiger partial charge in [-0.05, 0) is 30.9 Å². The Labute approximate surface area is 176 Å². The third-order valence-electron chi connectivity index (χ3n) is 5.06. The fourth-order valence-electron chi connectivity index (χ4n) is 3.53. The lowest BCUT2D eigenvalue weighted by atomic mass is 10.1. The zero-order valence-electron chi connectivity index (χ0n) is 15.8. The van der Waals surface area contributed by atoms with Crippen LogP contribution in [-0.4, -0.2) is 30.5 Å². The van der Waals surface area contributed by atoms with Crippen molar-refractivity contribution in [2.75, 3.05) is 0 Å². The van der Waals surface area contributed by atoms with Gasteiger partial charge in [-0.2, -0.15) is 0 Å². The van der Waals surface area contributed by atoms with Crippen molar-refractivity contribution in [3.05, 3.63) is 81.3 Å². The van der Waals surface area contributed by atoms with E-state index in [2.05, 4.69) is 25.4 Å². The number of aromatic amines is 1. The molecule has 1 aromatic carbocycles. The van der Waals surface area contributed by atoms with Crippen LogP contribution >= 0.6 is 11.6 Å². The number of amides is 1. The number of carbonyl (C=O) groups is 1. The minimum atomic E-state index is -0.283. The molecule has 0 aliphatic heterocycles. The van der Waals surface area contributed by atoms with E-state index in [0.717, 1.165) is 18.4 Å². The second kappa shape index (κ2) is 7.38. The molecule has 1 saturated carbocycles. The van der Waals surface area contributed by atoms with E-state index in [1.165, 1.54) is 4.52 Å². The Morgan fingerprint density at radius 1 is 1.30 bits per heavy atom. The molecule has 150 valence electrons. The summed E-state index contributed by atoms with van der Waals surface area (Å²) in [5.41, 5.74) is 2.68. The van der Waals surface area contributed by atoms with Crippen molar-refractivity contribution < 1.29 is 4.79 Å². The molecular weight excluding hydrogens is 404 g/mol. The molecule has 0 radical (unpaired) electrons. The number of halogens is 1. The van der Waals surface area contributed by atoms with Crippen LogP contribution < -0.4 is 10.9 Å². The van der Waals surface area contributed by atoms with Crippen molar-refractivity contribution in [1.82, 2.24) is 29.9 Å². The first-order chi connectivity index (χ1) is 14.6. The fraction of sp³-hybridized carbons (Fsp3) is 0.190. The maximum atomic E-state index is 12.9. The molecule has 1 fully saturated rings. The van der Waals surface area contributed by atoms with E-state index < -0.39 is 0 Å². The minimum absolute atomic E-state index is 0.187. The van der Waals surface area contributed by atoms with Gasteiger partial charge in [-0.3, -0.25) is 19.6 Å². The molecule has 5 rings (SSSR count). The van der Waals surface area contributed by atoms with Crippen LogP contribution in [-0.2, 0) is 6.54 Å². The third-order valence-corrected chi connectivity index (χ3v) is 5.29. The fourth-order valence-corrected chi connectivity index (χ4v) is 3.72. The van der Waals surface area contributed by atoms with Crippen LogP contribution in [0, 0.1) is 0 Å². The summed E-state index contributed by atoms with van der Waals surface area (Å²) in [4.78, 5) is 36.8. The summed E-state index contributed by atoms with van der Waals surface area (Å²) < 4.78 is 1.50. The SMILES string of the molecule is O=C(NCc1cnccn1)c1cn2nc(-c3cccc(Cl)c3)[nH]c(=O)c2c1C1CC1. The maximum absolute atomic E-state index is 12.9. The maximum Gasteiger partial charge on any atom is 0.275 e. The zero-order valence-corrected chi connectivity index (χ0v) is 16.6. The van der Waals surface area contributed by atoms with E-state index in [9.17, 15) is 9.59 Å². The number of rotatable bonds is 5. The molecule has 0 bridgehead atoms. The molecule has 0 unspecified atom stereocenters. The zero-order chi connectivity index (χ0) is 20.7. The lowest BCUT2D eigenvalue weighted by Crippen LogP contribution is -2.24. The van der Waals surface area contributed by atoms with Gasteiger partial charge >= 0.3 is 0 Å². The molecule has 1 aliphatic carbocycles. The number of H-pyrrole nitrogens is 1. The largest absolute Gasteiger partial charge is 0.346 e. The van der Waals surface area contributed by atoms with Gasteiger partial charge in [0.1, 0.15) is 5.52 Å². The Hall–Kier alpha value is -3.52. The summed E-state index contributed by atoms with van der Waals surface area (Å²) in [5.74, 6) is 0.308. The Balaban J connectivity index is 1.55. The first-order valence-electron chi connectivity index (χ1n) is 9.55. The normalized spacial score (nSPS) is 13.5. The number of nitrogens with zero attached hydrogens (tertiary/aromatic N) is 4. The highest BCUT2D eigenvalue weighted by Crippen LogP contribution is 2.43. The van der Waals surface area contributed by atoms with E-state index in [1.807, 2.05) is 6.07 Å². The highest BCUT2D eigenvalue weighted by atomic mass is 35.5. The molecule has 0 atom stereocenters. The van der Waals surface area contributed by atoms with Crippen molar-refractivity contribution >= 4 is 23.0 Å². The van der Waals surface area contributed by atoms with Crippen molar-refractivity contribution in [2.24, 2.45) is 0 Å². The number of nitrogens with one attached hydrogen (secondary N) is 2. The van der Waals surface area contributed by atoms with Crippen LogP contribution in [0.2, 0.25) is 5.02 Å². The van der Waals surface area contributed by atoms with Crippen molar-refractivity contribution in [1.29, 1.82) is 0 Å². The van der Waals surface area contributed by atoms with Gasteiger partial charge in [0.05, 0.1) is 24.0 Å². The average Bonchev–Trinajstić information content (AvgIpc) is 3.52. The summed E-state index contributed by atoms with van der Waals surface area (Å²) in [6, 6.07) is 7.09. The van der Waals surface area contributed by atoms with E-state index in [4.69, 9.17) is 11.6 Å². The summed E-state index contributed by atoms with van der Waals surface area (Å²) in [7, 11) is 0. The van der Waals surface area contributed by atoms with Crippen LogP contribution in [0.5, 0.6) is 0 Å². The predicted octanol–water partition coefficient (Wildman–Crippen LogP) is 2.94. The number of hydrogen-bond acceptors (Lipinski definition) is 5. The quantitative estimate of drug-likeness (QED) is 0.516. The van der Waals surface area contributed by atoms with Gasteiger partial charge in [-0.15, -0.1) is 5.10 Å². The highest BCUT2D eigenvalue weighted by Gasteiger charge is 2.33. The van der Waals surface area contributed by atoms with Gasteiger partial charge in [-0.1, -0.05) is 23.7 Å². The first-order valence-corrected chi connectivity index (χ1v) is 9.92. The number of fused-ring (bicyclic) bond motifs is 1. The van der Waals surface area contributed by atoms with E-state index in [0.29, 0.717) is 33.2 Å². The number of hydrogen-bond donors (Lipinski definition) is 2. The lowest BCUT2D eigenvalue weighted by Gasteiger charge is -2.05. The van der Waals surface area contributed by atoms with Gasteiger partial charge in [-0.25, -0.2) is 4.52 Å². The van der Waals surface area contributed by atoms with Gasteiger partial charge < -0.3 is 10.3 Å². The molecule has 1 aliphatic rings. The third kappa shape index (κ3) is 3.46. The summed E-state index contributed by atoms with van der Waals surface area (Å²) in [6.45, 7) is 0.251. The van der Waals surface area contributed by atoms with Gasteiger partial charge in [0, 0.05) is 34.7 Å². The molecule has 30 heavy (non-hydrogen) atoms. The molecule has 3 heterocycles. The van der Waals surface area contributed by atoms with Crippen LogP contribution in [0.3, 0.4) is 0 Å². The van der Waals surface area contributed by atoms with Crippen LogP contribution in [0.15, 0.2) is 53.8 Å². The molecule has 8 nitrogen and oxygen atoms in total. The van der Waals surface area contributed by atoms with Gasteiger partial charge in [0.25, 0.3) is 11.5 Å². The smallest absolute Gasteiger partial charge is 0.275 e. The van der Waals surface area contributed by atoms with Gasteiger partial charge in [0.2, 0.25) is 0 Å². The molecule has 2 N–H and O–H groups in total. The molecule has 9 heteroatoms. The number of aromatic nitrogens is 5. The number of carbonyl (C=O) groups excluding carboxylic acids is 1. The summed E-state index contributed by atoms with van der Waals surface area (Å²) in [5, 5.41) is 7.95. The minimum Gasteiger partial charge on any atom is -0.346 e. The van der Waals surface area contributed by atoms with Crippen molar-refractivity contribution in [3.8, 4) is 11.4 Å². The molecule has 0 saturated heterocycles. The Morgan fingerprint density at radius 3 is 2.90 bits per heavy atom. The predicted molar refractivity (Wildman–Crippen MR) is 111 cm³/mol. The van der Waals surface area contributed by atoms with Crippen molar-refractivity contribution in [2.45, 2.75) is 25.3 Å². The Bertz CT molecular complexity index is 1310. The number of benzene rings is 1. The second-order valence-corrected chi connectivity index (χ2v) is 7.65. The monoisotopic (exact) mass is 420 g/mol. The molecule has 3 aromatic heterocycles. The molecule has 1 amide bonds. The molecule has 0 spiro atoms. The first kappa shape index (κ1) is 18.5. The Morgan fingerprint density at radius 2 is 2.17 bits per heavy atom. The van der Waals surface area contributed by atoms with E-state index in [1.54, 1.807) is 43.0 Å². The highest BCUT2D eigenvalue weighted by molar-refractivity contribution is 6.30. The van der Waals surface area contributed by atoms with Crippen LogP contribution in [0.4, 0.5) is 0 Å².